The number of nitrogens with one attached hydrogen (secondary N) is 1. The fourth-order valence-corrected chi connectivity index (χ4v) is 1.90. The summed E-state index contributed by atoms with van der Waals surface area (Å²) in [6.07, 6.45) is 0. The molecule has 0 saturated carbocycles. The number of anilines is 2. The van der Waals surface area contributed by atoms with Gasteiger partial charge in [0.25, 0.3) is 0 Å². The molecule has 4 nitrogen and oxygen atoms in total. The van der Waals surface area contributed by atoms with Gasteiger partial charge in [0.05, 0.1) is 16.0 Å². The lowest BCUT2D eigenvalue weighted by Crippen LogP contribution is -2.22. The van der Waals surface area contributed by atoms with Crippen molar-refractivity contribution in [1.29, 1.82) is 0 Å². The van der Waals surface area contributed by atoms with Crippen molar-refractivity contribution in [2.75, 3.05) is 10.5 Å². The maximum absolute atomic E-state index is 11.5. The Hall–Kier alpha value is -0.940. The lowest BCUT2D eigenvalue weighted by Gasteiger charge is -2.12. The normalized spacial score (nSPS) is 11.7. The molecule has 0 aliphatic rings. The van der Waals surface area contributed by atoms with Crippen LogP contribution < -0.4 is 10.5 Å². The van der Waals surface area contributed by atoms with Crippen LogP contribution in [0.25, 0.3) is 0 Å². The third kappa shape index (κ3) is 3.00. The summed E-state index contributed by atoms with van der Waals surface area (Å²) in [5, 5.41) is -0.217. The third-order valence-corrected chi connectivity index (χ3v) is 3.92. The Kier molecular flexibility index (Phi) is 3.46. The topological polar surface area (TPSA) is 72.2 Å². The van der Waals surface area contributed by atoms with Gasteiger partial charge in [-0.1, -0.05) is 11.6 Å². The van der Waals surface area contributed by atoms with Crippen LogP contribution in [0, 0.1) is 0 Å². The van der Waals surface area contributed by atoms with Crippen molar-refractivity contribution < 1.29 is 8.42 Å². The van der Waals surface area contributed by atoms with Crippen LogP contribution in [0.5, 0.6) is 0 Å². The summed E-state index contributed by atoms with van der Waals surface area (Å²) in [7, 11) is -3.36. The molecular weight excluding hydrogens is 236 g/mol. The zero-order chi connectivity index (χ0) is 11.6. The number of hydrogen-bond donors (Lipinski definition) is 2. The summed E-state index contributed by atoms with van der Waals surface area (Å²) < 4.78 is 25.5. The average molecular weight is 249 g/mol. The molecule has 15 heavy (non-hydrogen) atoms. The van der Waals surface area contributed by atoms with E-state index in [0.29, 0.717) is 16.4 Å². The lowest BCUT2D eigenvalue weighted by atomic mass is 10.3. The highest BCUT2D eigenvalue weighted by Gasteiger charge is 2.16. The molecular formula is C9H13ClN2O2S. The van der Waals surface area contributed by atoms with Gasteiger partial charge in [-0.15, -0.1) is 0 Å². The molecule has 0 aliphatic carbocycles. The Labute approximate surface area is 94.5 Å². The average Bonchev–Trinajstić information content (AvgIpc) is 2.09. The quantitative estimate of drug-likeness (QED) is 0.805. The first-order valence-electron chi connectivity index (χ1n) is 4.39. The summed E-state index contributed by atoms with van der Waals surface area (Å²) in [6, 6.07) is 4.63. The number of sulfonamides is 1. The molecule has 1 aromatic carbocycles. The van der Waals surface area contributed by atoms with Crippen molar-refractivity contribution in [3.63, 3.8) is 0 Å². The van der Waals surface area contributed by atoms with Crippen LogP contribution in [0.2, 0.25) is 5.02 Å². The number of halogens is 1. The first kappa shape index (κ1) is 12.1. The van der Waals surface area contributed by atoms with Crippen molar-refractivity contribution in [3.8, 4) is 0 Å². The van der Waals surface area contributed by atoms with Gasteiger partial charge in [0.15, 0.2) is 0 Å². The fraction of sp³-hybridized carbons (Fsp3) is 0.333. The Morgan fingerprint density at radius 2 is 2.00 bits per heavy atom. The zero-order valence-electron chi connectivity index (χ0n) is 8.49. The van der Waals surface area contributed by atoms with Crippen LogP contribution in [0.15, 0.2) is 18.2 Å². The Bertz CT molecular complexity index is 457. The van der Waals surface area contributed by atoms with E-state index in [1.54, 1.807) is 19.9 Å². The van der Waals surface area contributed by atoms with Gasteiger partial charge in [0.1, 0.15) is 0 Å². The maximum Gasteiger partial charge on any atom is 0.235 e. The number of nitrogens with two attached hydrogens (primary N) is 1. The van der Waals surface area contributed by atoms with Crippen LogP contribution >= 0.6 is 11.6 Å². The van der Waals surface area contributed by atoms with Crippen molar-refractivity contribution in [1.82, 2.24) is 0 Å². The molecule has 0 heterocycles. The SMILES string of the molecule is CC(C)S(=O)(=O)Nc1ccc(N)cc1Cl. The number of rotatable bonds is 3. The molecule has 1 aromatic rings. The Morgan fingerprint density at radius 3 is 2.47 bits per heavy atom. The molecule has 0 atom stereocenters. The van der Waals surface area contributed by atoms with Crippen molar-refractivity contribution in [2.45, 2.75) is 19.1 Å². The molecule has 0 aromatic heterocycles. The van der Waals surface area contributed by atoms with Crippen LogP contribution in [0.1, 0.15) is 13.8 Å². The molecule has 0 bridgehead atoms. The van der Waals surface area contributed by atoms with Gasteiger partial charge in [-0.3, -0.25) is 4.72 Å². The summed E-state index contributed by atoms with van der Waals surface area (Å²) >= 11 is 5.83. The highest BCUT2D eigenvalue weighted by molar-refractivity contribution is 7.93. The van der Waals surface area contributed by atoms with Gasteiger partial charge in [-0.25, -0.2) is 8.42 Å². The third-order valence-electron chi connectivity index (χ3n) is 1.87. The molecule has 1 rings (SSSR count). The lowest BCUT2D eigenvalue weighted by molar-refractivity contribution is 0.593. The molecule has 0 radical (unpaired) electrons. The van der Waals surface area contributed by atoms with Crippen LogP contribution in [-0.2, 0) is 10.0 Å². The molecule has 6 heteroatoms. The maximum atomic E-state index is 11.5. The van der Waals surface area contributed by atoms with E-state index in [9.17, 15) is 8.42 Å². The summed E-state index contributed by atoms with van der Waals surface area (Å²) in [4.78, 5) is 0. The van der Waals surface area contributed by atoms with E-state index < -0.39 is 15.3 Å². The van der Waals surface area contributed by atoms with Gasteiger partial charge < -0.3 is 5.73 Å². The van der Waals surface area contributed by atoms with E-state index in [4.69, 9.17) is 17.3 Å². The zero-order valence-corrected chi connectivity index (χ0v) is 10.1. The van der Waals surface area contributed by atoms with E-state index >= 15 is 0 Å². The standard InChI is InChI=1S/C9H13ClN2O2S/c1-6(2)15(13,14)12-9-4-3-7(11)5-8(9)10/h3-6,12H,11H2,1-2H3. The van der Waals surface area contributed by atoms with Crippen molar-refractivity contribution in [3.05, 3.63) is 23.2 Å². The van der Waals surface area contributed by atoms with Gasteiger partial charge in [-0.05, 0) is 32.0 Å². The Balaban J connectivity index is 3.01. The minimum absolute atomic E-state index is 0.291. The summed E-state index contributed by atoms with van der Waals surface area (Å²) in [5.41, 5.74) is 6.33. The molecule has 0 fully saturated rings. The van der Waals surface area contributed by atoms with E-state index in [-0.39, 0.29) is 0 Å². The van der Waals surface area contributed by atoms with Crippen LogP contribution in [0.3, 0.4) is 0 Å². The van der Waals surface area contributed by atoms with Crippen molar-refractivity contribution in [2.24, 2.45) is 0 Å². The highest BCUT2D eigenvalue weighted by atomic mass is 35.5. The predicted octanol–water partition coefficient (Wildman–Crippen LogP) is 2.07. The minimum atomic E-state index is -3.36. The summed E-state index contributed by atoms with van der Waals surface area (Å²) in [6.45, 7) is 3.18. The molecule has 0 saturated heterocycles. The van der Waals surface area contributed by atoms with Gasteiger partial charge in [-0.2, -0.15) is 0 Å². The second-order valence-electron chi connectivity index (χ2n) is 3.44. The largest absolute Gasteiger partial charge is 0.399 e. The second-order valence-corrected chi connectivity index (χ2v) is 6.08. The van der Waals surface area contributed by atoms with Gasteiger partial charge in [0.2, 0.25) is 10.0 Å². The first-order chi connectivity index (χ1) is 6.83. The van der Waals surface area contributed by atoms with E-state index in [1.807, 2.05) is 0 Å². The number of hydrogen-bond acceptors (Lipinski definition) is 3. The molecule has 0 spiro atoms. The Morgan fingerprint density at radius 1 is 1.40 bits per heavy atom. The van der Waals surface area contributed by atoms with E-state index in [1.165, 1.54) is 12.1 Å². The monoisotopic (exact) mass is 248 g/mol. The molecule has 3 N–H and O–H groups in total. The minimum Gasteiger partial charge on any atom is -0.399 e. The molecule has 0 amide bonds. The van der Waals surface area contributed by atoms with Gasteiger partial charge >= 0.3 is 0 Å². The highest BCUT2D eigenvalue weighted by Crippen LogP contribution is 2.25. The number of benzene rings is 1. The van der Waals surface area contributed by atoms with Gasteiger partial charge in [0, 0.05) is 5.69 Å². The van der Waals surface area contributed by atoms with E-state index in [0.717, 1.165) is 0 Å². The fourth-order valence-electron chi connectivity index (χ4n) is 0.885. The van der Waals surface area contributed by atoms with Crippen LogP contribution in [0.4, 0.5) is 11.4 Å². The first-order valence-corrected chi connectivity index (χ1v) is 6.32. The summed E-state index contributed by atoms with van der Waals surface area (Å²) in [5.74, 6) is 0. The van der Waals surface area contributed by atoms with Crippen molar-refractivity contribution >= 4 is 33.0 Å². The molecule has 0 aliphatic heterocycles. The van der Waals surface area contributed by atoms with E-state index in [2.05, 4.69) is 4.72 Å². The van der Waals surface area contributed by atoms with Crippen LogP contribution in [-0.4, -0.2) is 13.7 Å². The molecule has 0 unspecified atom stereocenters. The smallest absolute Gasteiger partial charge is 0.235 e. The number of nitrogen functional groups attached to an aromatic ring is 1. The second kappa shape index (κ2) is 4.28. The molecule has 84 valence electrons. The predicted molar refractivity (Wildman–Crippen MR) is 63.5 cm³/mol.